The predicted octanol–water partition coefficient (Wildman–Crippen LogP) is 2.39. The second-order valence-electron chi connectivity index (χ2n) is 7.21. The molecule has 0 saturated carbocycles. The fourth-order valence-electron chi connectivity index (χ4n) is 3.15. The van der Waals surface area contributed by atoms with Gasteiger partial charge in [-0.15, -0.1) is 0 Å². The van der Waals surface area contributed by atoms with Gasteiger partial charge in [0.1, 0.15) is 0 Å². The molecular formula is C19H32N4O2. The van der Waals surface area contributed by atoms with Crippen LogP contribution < -0.4 is 15.5 Å². The smallest absolute Gasteiger partial charge is 0.314 e. The largest absolute Gasteiger partial charge is 0.393 e. The van der Waals surface area contributed by atoms with Crippen molar-refractivity contribution in [2.24, 2.45) is 11.8 Å². The summed E-state index contributed by atoms with van der Waals surface area (Å²) >= 11 is 0. The molecule has 3 N–H and O–H groups in total. The van der Waals surface area contributed by atoms with Gasteiger partial charge in [-0.25, -0.2) is 4.79 Å². The Morgan fingerprint density at radius 3 is 2.52 bits per heavy atom. The zero-order valence-electron chi connectivity index (χ0n) is 15.4. The monoisotopic (exact) mass is 348 g/mol. The molecule has 0 spiro atoms. The fraction of sp³-hybridized carbons (Fsp3) is 0.684. The SMILES string of the molecule is CC(C)C(O)CCNC(=O)NCCC1CCN(c2ccncc2)CC1. The van der Waals surface area contributed by atoms with E-state index in [0.29, 0.717) is 25.4 Å². The molecule has 6 heteroatoms. The first-order chi connectivity index (χ1) is 12.1. The molecule has 0 aliphatic carbocycles. The van der Waals surface area contributed by atoms with Crippen molar-refractivity contribution in [1.82, 2.24) is 15.6 Å². The van der Waals surface area contributed by atoms with E-state index >= 15 is 0 Å². The Kier molecular flexibility index (Phi) is 7.98. The number of carbonyl (C=O) groups excluding carboxylic acids is 1. The summed E-state index contributed by atoms with van der Waals surface area (Å²) in [7, 11) is 0. The third kappa shape index (κ3) is 6.90. The molecule has 1 unspecified atom stereocenters. The van der Waals surface area contributed by atoms with Gasteiger partial charge in [-0.1, -0.05) is 13.8 Å². The lowest BCUT2D eigenvalue weighted by atomic mass is 9.93. The van der Waals surface area contributed by atoms with Crippen LogP contribution in [0.3, 0.4) is 0 Å². The van der Waals surface area contributed by atoms with Crippen LogP contribution in [-0.4, -0.2) is 48.4 Å². The highest BCUT2D eigenvalue weighted by molar-refractivity contribution is 5.73. The normalized spacial score (nSPS) is 16.7. The number of anilines is 1. The van der Waals surface area contributed by atoms with Crippen molar-refractivity contribution in [2.45, 2.75) is 45.6 Å². The maximum atomic E-state index is 11.8. The van der Waals surface area contributed by atoms with Gasteiger partial charge in [0.15, 0.2) is 0 Å². The number of nitrogens with zero attached hydrogens (tertiary/aromatic N) is 2. The molecule has 0 aromatic carbocycles. The van der Waals surface area contributed by atoms with Crippen LogP contribution in [0.1, 0.15) is 39.5 Å². The average molecular weight is 348 g/mol. The molecule has 25 heavy (non-hydrogen) atoms. The minimum absolute atomic E-state index is 0.134. The summed E-state index contributed by atoms with van der Waals surface area (Å²) in [6.45, 7) is 7.30. The molecule has 6 nitrogen and oxygen atoms in total. The second kappa shape index (κ2) is 10.2. The number of hydrogen-bond acceptors (Lipinski definition) is 4. The van der Waals surface area contributed by atoms with Crippen LogP contribution in [0.5, 0.6) is 0 Å². The number of rotatable bonds is 8. The minimum Gasteiger partial charge on any atom is -0.393 e. The molecule has 1 aliphatic rings. The summed E-state index contributed by atoms with van der Waals surface area (Å²) in [4.78, 5) is 18.2. The van der Waals surface area contributed by atoms with Gasteiger partial charge in [0, 0.05) is 44.3 Å². The number of carbonyl (C=O) groups is 1. The molecule has 0 radical (unpaired) electrons. The molecule has 1 atom stereocenters. The molecule has 2 amide bonds. The number of aliphatic hydroxyl groups is 1. The van der Waals surface area contributed by atoms with E-state index in [2.05, 4.69) is 32.7 Å². The number of pyridine rings is 1. The standard InChI is InChI=1S/C19H32N4O2/c1-15(2)18(24)6-12-22-19(25)21-11-3-16-7-13-23(14-8-16)17-4-9-20-10-5-17/h4-5,9-10,15-16,18,24H,3,6-8,11-14H2,1-2H3,(H2,21,22,25). The molecule has 1 aromatic heterocycles. The van der Waals surface area contributed by atoms with Crippen LogP contribution in [0.4, 0.5) is 10.5 Å². The number of aliphatic hydroxyl groups excluding tert-OH is 1. The number of piperidine rings is 1. The van der Waals surface area contributed by atoms with Gasteiger partial charge in [-0.3, -0.25) is 4.98 Å². The van der Waals surface area contributed by atoms with Crippen LogP contribution in [0.2, 0.25) is 0 Å². The summed E-state index contributed by atoms with van der Waals surface area (Å²) in [6.07, 6.45) is 7.25. The van der Waals surface area contributed by atoms with E-state index in [1.807, 2.05) is 26.2 Å². The predicted molar refractivity (Wildman–Crippen MR) is 101 cm³/mol. The summed E-state index contributed by atoms with van der Waals surface area (Å²) in [6, 6.07) is 3.98. The molecule has 1 fully saturated rings. The average Bonchev–Trinajstić information content (AvgIpc) is 2.63. The van der Waals surface area contributed by atoms with Crippen molar-refractivity contribution in [3.05, 3.63) is 24.5 Å². The lowest BCUT2D eigenvalue weighted by molar-refractivity contribution is 0.116. The van der Waals surface area contributed by atoms with Gasteiger partial charge in [0.2, 0.25) is 0 Å². The third-order valence-corrected chi connectivity index (χ3v) is 4.98. The topological polar surface area (TPSA) is 77.5 Å². The van der Waals surface area contributed by atoms with Gasteiger partial charge in [0.25, 0.3) is 0 Å². The zero-order valence-corrected chi connectivity index (χ0v) is 15.4. The zero-order chi connectivity index (χ0) is 18.1. The Balaban J connectivity index is 1.55. The first-order valence-corrected chi connectivity index (χ1v) is 9.41. The summed E-state index contributed by atoms with van der Waals surface area (Å²) < 4.78 is 0. The molecule has 1 aliphatic heterocycles. The van der Waals surface area contributed by atoms with Crippen molar-refractivity contribution in [1.29, 1.82) is 0 Å². The van der Waals surface area contributed by atoms with Crippen LogP contribution in [0.25, 0.3) is 0 Å². The van der Waals surface area contributed by atoms with Crippen LogP contribution in [-0.2, 0) is 0 Å². The van der Waals surface area contributed by atoms with Gasteiger partial charge >= 0.3 is 6.03 Å². The van der Waals surface area contributed by atoms with Gasteiger partial charge in [-0.2, -0.15) is 0 Å². The number of aromatic nitrogens is 1. The Morgan fingerprint density at radius 2 is 1.88 bits per heavy atom. The quantitative estimate of drug-likeness (QED) is 0.674. The number of amides is 2. The molecule has 2 rings (SSSR count). The van der Waals surface area contributed by atoms with Crippen molar-refractivity contribution >= 4 is 11.7 Å². The first kappa shape index (κ1) is 19.5. The highest BCUT2D eigenvalue weighted by Gasteiger charge is 2.19. The van der Waals surface area contributed by atoms with Crippen LogP contribution in [0, 0.1) is 11.8 Å². The molecule has 140 valence electrons. The molecular weight excluding hydrogens is 316 g/mol. The molecule has 1 aromatic rings. The van der Waals surface area contributed by atoms with Crippen molar-refractivity contribution in [2.75, 3.05) is 31.1 Å². The minimum atomic E-state index is -0.356. The van der Waals surface area contributed by atoms with E-state index < -0.39 is 0 Å². The maximum absolute atomic E-state index is 11.8. The van der Waals surface area contributed by atoms with Gasteiger partial charge in [0.05, 0.1) is 6.10 Å². The van der Waals surface area contributed by atoms with E-state index in [0.717, 1.165) is 32.4 Å². The van der Waals surface area contributed by atoms with E-state index in [9.17, 15) is 9.90 Å². The lowest BCUT2D eigenvalue weighted by Crippen LogP contribution is -2.39. The summed E-state index contributed by atoms with van der Waals surface area (Å²) in [5, 5.41) is 15.4. The Labute approximate surface area is 151 Å². The number of hydrogen-bond donors (Lipinski definition) is 3. The first-order valence-electron chi connectivity index (χ1n) is 9.41. The van der Waals surface area contributed by atoms with E-state index in [-0.39, 0.29) is 18.1 Å². The highest BCUT2D eigenvalue weighted by atomic mass is 16.3. The molecule has 2 heterocycles. The van der Waals surface area contributed by atoms with E-state index in [1.54, 1.807) is 0 Å². The van der Waals surface area contributed by atoms with Crippen LogP contribution in [0.15, 0.2) is 24.5 Å². The van der Waals surface area contributed by atoms with E-state index in [1.165, 1.54) is 5.69 Å². The number of urea groups is 1. The highest BCUT2D eigenvalue weighted by Crippen LogP contribution is 2.24. The summed E-state index contributed by atoms with van der Waals surface area (Å²) in [5.74, 6) is 0.893. The molecule has 1 saturated heterocycles. The maximum Gasteiger partial charge on any atom is 0.314 e. The van der Waals surface area contributed by atoms with Crippen molar-refractivity contribution in [3.63, 3.8) is 0 Å². The van der Waals surface area contributed by atoms with Crippen LogP contribution >= 0.6 is 0 Å². The molecule has 0 bridgehead atoms. The second-order valence-corrected chi connectivity index (χ2v) is 7.21. The third-order valence-electron chi connectivity index (χ3n) is 4.98. The van der Waals surface area contributed by atoms with Crippen molar-refractivity contribution in [3.8, 4) is 0 Å². The Morgan fingerprint density at radius 1 is 1.24 bits per heavy atom. The Hall–Kier alpha value is -1.82. The van der Waals surface area contributed by atoms with E-state index in [4.69, 9.17) is 0 Å². The van der Waals surface area contributed by atoms with Gasteiger partial charge in [-0.05, 0) is 49.7 Å². The van der Waals surface area contributed by atoms with Crippen molar-refractivity contribution < 1.29 is 9.90 Å². The summed E-state index contributed by atoms with van der Waals surface area (Å²) in [5.41, 5.74) is 1.24. The lowest BCUT2D eigenvalue weighted by Gasteiger charge is -2.33. The Bertz CT molecular complexity index is 501. The fourth-order valence-corrected chi connectivity index (χ4v) is 3.15. The number of nitrogens with one attached hydrogen (secondary N) is 2. The van der Waals surface area contributed by atoms with Gasteiger partial charge < -0.3 is 20.6 Å².